The summed E-state index contributed by atoms with van der Waals surface area (Å²) < 4.78 is 1.02. The zero-order valence-electron chi connectivity index (χ0n) is 9.17. The smallest absolute Gasteiger partial charge is 0.220 e. The molecule has 88 valence electrons. The highest BCUT2D eigenvalue weighted by Gasteiger charge is 2.08. The van der Waals surface area contributed by atoms with E-state index in [4.69, 9.17) is 11.6 Å². The van der Waals surface area contributed by atoms with Gasteiger partial charge in [0, 0.05) is 16.8 Å². The van der Waals surface area contributed by atoms with Crippen molar-refractivity contribution in [2.75, 3.05) is 5.88 Å². The topological polar surface area (TPSA) is 29.1 Å². The molecule has 4 heteroatoms. The van der Waals surface area contributed by atoms with Crippen molar-refractivity contribution in [1.82, 2.24) is 5.32 Å². The Bertz CT molecular complexity index is 357. The maximum atomic E-state index is 11.5. The van der Waals surface area contributed by atoms with E-state index in [0.717, 1.165) is 16.5 Å². The van der Waals surface area contributed by atoms with Gasteiger partial charge >= 0.3 is 0 Å². The van der Waals surface area contributed by atoms with Crippen molar-refractivity contribution >= 4 is 33.4 Å². The van der Waals surface area contributed by atoms with Gasteiger partial charge in [-0.15, -0.1) is 11.6 Å². The summed E-state index contributed by atoms with van der Waals surface area (Å²) >= 11 is 8.94. The molecule has 1 amide bonds. The van der Waals surface area contributed by atoms with Crippen LogP contribution >= 0.6 is 27.5 Å². The second-order valence-electron chi connectivity index (χ2n) is 3.64. The van der Waals surface area contributed by atoms with Gasteiger partial charge < -0.3 is 5.32 Å². The summed E-state index contributed by atoms with van der Waals surface area (Å²) in [5, 5.41) is 2.94. The molecule has 16 heavy (non-hydrogen) atoms. The summed E-state index contributed by atoms with van der Waals surface area (Å²) in [5.74, 6) is 0.576. The summed E-state index contributed by atoms with van der Waals surface area (Å²) in [6.07, 6.45) is 1.21. The number of hydrogen-bond donors (Lipinski definition) is 1. The average molecular weight is 305 g/mol. The minimum absolute atomic E-state index is 0.0281. The molecule has 0 fully saturated rings. The van der Waals surface area contributed by atoms with E-state index in [2.05, 4.69) is 21.2 Å². The van der Waals surface area contributed by atoms with Gasteiger partial charge in [0.15, 0.2) is 0 Å². The molecule has 1 aromatic carbocycles. The molecular formula is C12H15BrClNO. The zero-order chi connectivity index (χ0) is 12.0. The van der Waals surface area contributed by atoms with Gasteiger partial charge in [-0.2, -0.15) is 0 Å². The molecule has 1 N–H and O–H groups in total. The fourth-order valence-electron chi connectivity index (χ4n) is 1.40. The lowest BCUT2D eigenvalue weighted by molar-refractivity contribution is -0.121. The fourth-order valence-corrected chi connectivity index (χ4v) is 1.95. The molecule has 1 atom stereocenters. The molecule has 1 rings (SSSR count). The number of halogens is 2. The number of benzene rings is 1. The van der Waals surface area contributed by atoms with Crippen LogP contribution in [0.5, 0.6) is 0 Å². The quantitative estimate of drug-likeness (QED) is 0.827. The fraction of sp³-hybridized carbons (Fsp3) is 0.417. The molecule has 0 radical (unpaired) electrons. The third-order valence-electron chi connectivity index (χ3n) is 2.26. The largest absolute Gasteiger partial charge is 0.350 e. The molecule has 0 heterocycles. The van der Waals surface area contributed by atoms with Crippen LogP contribution in [0.25, 0.3) is 0 Å². The van der Waals surface area contributed by atoms with Crippen molar-refractivity contribution in [2.24, 2.45) is 0 Å². The maximum Gasteiger partial charge on any atom is 0.220 e. The van der Waals surface area contributed by atoms with Gasteiger partial charge in [-0.3, -0.25) is 4.79 Å². The number of carbonyl (C=O) groups is 1. The van der Waals surface area contributed by atoms with Crippen molar-refractivity contribution in [1.29, 1.82) is 0 Å². The summed E-state index contributed by atoms with van der Waals surface area (Å²) in [6, 6.07) is 7.95. The van der Waals surface area contributed by atoms with Gasteiger partial charge in [-0.1, -0.05) is 28.1 Å². The summed E-state index contributed by atoms with van der Waals surface area (Å²) in [7, 11) is 0. The minimum atomic E-state index is 0.0281. The first-order valence-electron chi connectivity index (χ1n) is 5.24. The van der Waals surface area contributed by atoms with Gasteiger partial charge in [0.25, 0.3) is 0 Å². The average Bonchev–Trinajstić information content (AvgIpc) is 2.26. The maximum absolute atomic E-state index is 11.5. The Morgan fingerprint density at radius 3 is 2.94 bits per heavy atom. The van der Waals surface area contributed by atoms with Crippen molar-refractivity contribution in [3.63, 3.8) is 0 Å². The molecule has 0 saturated carbocycles. The second-order valence-corrected chi connectivity index (χ2v) is 4.93. The molecule has 0 aliphatic rings. The molecule has 0 unspecified atom stereocenters. The van der Waals surface area contributed by atoms with Crippen molar-refractivity contribution in [3.05, 3.63) is 34.3 Å². The Hall–Kier alpha value is -0.540. The third-order valence-corrected chi connectivity index (χ3v) is 3.02. The first-order chi connectivity index (χ1) is 7.63. The van der Waals surface area contributed by atoms with Gasteiger partial charge in [-0.05, 0) is 31.0 Å². The standard InChI is InChI=1S/C12H15BrClNO/c1-9(15-12(16)6-3-7-14)10-4-2-5-11(13)8-10/h2,4-5,8-9H,3,6-7H2,1H3,(H,15,16)/t9-/m0/s1. The Balaban J connectivity index is 2.52. The molecule has 1 aromatic rings. The Morgan fingerprint density at radius 1 is 1.56 bits per heavy atom. The number of hydrogen-bond acceptors (Lipinski definition) is 1. The number of rotatable bonds is 5. The highest BCUT2D eigenvalue weighted by Crippen LogP contribution is 2.17. The lowest BCUT2D eigenvalue weighted by atomic mass is 10.1. The van der Waals surface area contributed by atoms with Gasteiger partial charge in [0.1, 0.15) is 0 Å². The molecular weight excluding hydrogens is 289 g/mol. The van der Waals surface area contributed by atoms with Crippen LogP contribution in [0.2, 0.25) is 0 Å². The SMILES string of the molecule is C[C@H](NC(=O)CCCCl)c1cccc(Br)c1. The predicted molar refractivity (Wildman–Crippen MR) is 70.7 cm³/mol. The van der Waals surface area contributed by atoms with E-state index >= 15 is 0 Å². The molecule has 0 aliphatic heterocycles. The predicted octanol–water partition coefficient (Wildman–Crippen LogP) is 3.65. The first kappa shape index (κ1) is 13.5. The van der Waals surface area contributed by atoms with Crippen molar-refractivity contribution < 1.29 is 4.79 Å². The van der Waals surface area contributed by atoms with Gasteiger partial charge in [-0.25, -0.2) is 0 Å². The summed E-state index contributed by atoms with van der Waals surface area (Å²) in [6.45, 7) is 1.97. The van der Waals surface area contributed by atoms with Crippen molar-refractivity contribution in [3.8, 4) is 0 Å². The molecule has 0 aromatic heterocycles. The number of carbonyl (C=O) groups excluding carboxylic acids is 1. The van der Waals surface area contributed by atoms with E-state index < -0.39 is 0 Å². The van der Waals surface area contributed by atoms with Gasteiger partial charge in [0.2, 0.25) is 5.91 Å². The van der Waals surface area contributed by atoms with Crippen LogP contribution in [-0.4, -0.2) is 11.8 Å². The first-order valence-corrected chi connectivity index (χ1v) is 6.57. The van der Waals surface area contributed by atoms with Crippen LogP contribution in [0.4, 0.5) is 0 Å². The van der Waals surface area contributed by atoms with Crippen molar-refractivity contribution in [2.45, 2.75) is 25.8 Å². The lowest BCUT2D eigenvalue weighted by Gasteiger charge is -2.14. The monoisotopic (exact) mass is 303 g/mol. The molecule has 2 nitrogen and oxygen atoms in total. The zero-order valence-corrected chi connectivity index (χ0v) is 11.5. The highest BCUT2D eigenvalue weighted by atomic mass is 79.9. The molecule has 0 saturated heterocycles. The number of alkyl halides is 1. The third kappa shape index (κ3) is 4.54. The van der Waals surface area contributed by atoms with Crippen LogP contribution in [0.15, 0.2) is 28.7 Å². The Labute approximate surface area is 110 Å². The number of amides is 1. The van der Waals surface area contributed by atoms with Crippen LogP contribution in [0.1, 0.15) is 31.4 Å². The summed E-state index contributed by atoms with van der Waals surface area (Å²) in [5.41, 5.74) is 1.09. The molecule has 0 aliphatic carbocycles. The number of nitrogens with one attached hydrogen (secondary N) is 1. The Kier molecular flexibility index (Phi) is 5.85. The lowest BCUT2D eigenvalue weighted by Crippen LogP contribution is -2.26. The second kappa shape index (κ2) is 6.92. The van der Waals surface area contributed by atoms with E-state index in [1.165, 1.54) is 0 Å². The summed E-state index contributed by atoms with van der Waals surface area (Å²) in [4.78, 5) is 11.5. The molecule has 0 bridgehead atoms. The van der Waals surface area contributed by atoms with E-state index in [-0.39, 0.29) is 11.9 Å². The van der Waals surface area contributed by atoms with E-state index in [9.17, 15) is 4.79 Å². The highest BCUT2D eigenvalue weighted by molar-refractivity contribution is 9.10. The van der Waals surface area contributed by atoms with E-state index in [1.807, 2.05) is 31.2 Å². The van der Waals surface area contributed by atoms with E-state index in [0.29, 0.717) is 12.3 Å². The minimum Gasteiger partial charge on any atom is -0.350 e. The van der Waals surface area contributed by atoms with Crippen LogP contribution in [0.3, 0.4) is 0 Å². The Morgan fingerprint density at radius 2 is 2.31 bits per heavy atom. The van der Waals surface area contributed by atoms with Gasteiger partial charge in [0.05, 0.1) is 6.04 Å². The van der Waals surface area contributed by atoms with Crippen LogP contribution < -0.4 is 5.32 Å². The normalized spacial score (nSPS) is 12.2. The van der Waals surface area contributed by atoms with Crippen LogP contribution in [-0.2, 0) is 4.79 Å². The van der Waals surface area contributed by atoms with Crippen LogP contribution in [0, 0.1) is 0 Å². The molecule has 0 spiro atoms. The van der Waals surface area contributed by atoms with E-state index in [1.54, 1.807) is 0 Å².